The number of carbonyl (C=O) groups excluding carboxylic acids is 2. The predicted octanol–water partition coefficient (Wildman–Crippen LogP) is 10.3. The average molecular weight is 800 g/mol. The lowest BCUT2D eigenvalue weighted by atomic mass is 10.1. The maximum Gasteiger partial charge on any atom is 0.472 e. The summed E-state index contributed by atoms with van der Waals surface area (Å²) in [5, 5.41) is 18.8. The first-order valence-corrected chi connectivity index (χ1v) is 22.4. The van der Waals surface area contributed by atoms with Crippen LogP contribution in [0.1, 0.15) is 154 Å². The molecule has 0 radical (unpaired) electrons. The first-order chi connectivity index (χ1) is 26.3. The van der Waals surface area contributed by atoms with Crippen molar-refractivity contribution in [3.05, 3.63) is 28.7 Å². The van der Waals surface area contributed by atoms with Crippen molar-refractivity contribution in [3.63, 3.8) is 0 Å². The Bertz CT molecular complexity index is 1250. The molecule has 2 atom stereocenters. The third-order valence-electron chi connectivity index (χ3n) is 9.26. The molecule has 2 N–H and O–H groups in total. The summed E-state index contributed by atoms with van der Waals surface area (Å²) in [6.45, 7) is 2.90. The molecule has 14 heteroatoms. The fourth-order valence-electron chi connectivity index (χ4n) is 5.84. The van der Waals surface area contributed by atoms with Crippen molar-refractivity contribution in [2.75, 3.05) is 54.1 Å². The van der Waals surface area contributed by atoms with E-state index in [0.717, 1.165) is 70.6 Å². The Kier molecular flexibility index (Phi) is 28.9. The van der Waals surface area contributed by atoms with Crippen LogP contribution in [0.2, 0.25) is 0 Å². The first-order valence-electron chi connectivity index (χ1n) is 20.9. The summed E-state index contributed by atoms with van der Waals surface area (Å²) in [4.78, 5) is 38.4. The van der Waals surface area contributed by atoms with Crippen molar-refractivity contribution < 1.29 is 51.9 Å². The van der Waals surface area contributed by atoms with Gasteiger partial charge in [-0.25, -0.2) is 4.57 Å². The molecule has 1 aromatic carbocycles. The highest BCUT2D eigenvalue weighted by Crippen LogP contribution is 2.43. The minimum absolute atomic E-state index is 0.0119. The van der Waals surface area contributed by atoms with Crippen LogP contribution in [0.5, 0.6) is 5.75 Å². The van der Waals surface area contributed by atoms with Crippen LogP contribution in [0.4, 0.5) is 5.69 Å². The number of nitrogens with zero attached hydrogens (tertiary/aromatic N) is 3. The fourth-order valence-corrected chi connectivity index (χ4v) is 6.58. The normalized spacial score (nSPS) is 13.2. The Balaban J connectivity index is 2.28. The van der Waals surface area contributed by atoms with Gasteiger partial charge in [-0.1, -0.05) is 116 Å². The standard InChI is InChI=1S/C41H72N3O10P/c1-5-6-7-8-9-10-11-13-16-19-22-25-40(46)51-34-38(35-53-55(48,49)52-31-29-44(2,3)4)54-41(47)26-23-20-17-14-12-15-18-21-24-30-50-33-36-32-37(43-42)27-28-39(36)45/h27-28,32,38H,5-26,29-31,33-35H2,1-4H3/p+2/t38-/m1/s1. The van der Waals surface area contributed by atoms with Crippen LogP contribution in [0.25, 0.3) is 4.98 Å². The van der Waals surface area contributed by atoms with E-state index in [0.29, 0.717) is 35.3 Å². The monoisotopic (exact) mass is 800 g/mol. The number of phenols is 1. The molecule has 0 amide bonds. The number of hydrogen-bond donors (Lipinski definition) is 2. The predicted molar refractivity (Wildman–Crippen MR) is 215 cm³/mol. The molecule has 0 aromatic heterocycles. The maximum atomic E-state index is 12.7. The fraction of sp³-hybridized carbons (Fsp3) is 0.805. The molecule has 0 bridgehead atoms. The van der Waals surface area contributed by atoms with E-state index in [1.165, 1.54) is 63.5 Å². The lowest BCUT2D eigenvalue weighted by molar-refractivity contribution is -0.870. The Morgan fingerprint density at radius 2 is 1.27 bits per heavy atom. The van der Waals surface area contributed by atoms with E-state index in [1.54, 1.807) is 6.07 Å². The Hall–Kier alpha value is -2.59. The van der Waals surface area contributed by atoms with Gasteiger partial charge in [-0.2, -0.15) is 0 Å². The van der Waals surface area contributed by atoms with E-state index in [2.05, 4.69) is 11.9 Å². The van der Waals surface area contributed by atoms with Gasteiger partial charge in [0.05, 0.1) is 34.4 Å². The van der Waals surface area contributed by atoms with E-state index in [1.807, 2.05) is 21.1 Å². The average Bonchev–Trinajstić information content (AvgIpc) is 3.13. The topological polar surface area (TPSA) is 166 Å². The van der Waals surface area contributed by atoms with Crippen molar-refractivity contribution in [1.82, 2.24) is 0 Å². The van der Waals surface area contributed by atoms with Crippen LogP contribution >= 0.6 is 7.82 Å². The molecule has 1 unspecified atom stereocenters. The number of phenolic OH excluding ortho intramolecular Hbond substituents is 1. The molecule has 0 aliphatic carbocycles. The molecule has 0 aliphatic rings. The molecule has 0 saturated heterocycles. The highest BCUT2D eigenvalue weighted by atomic mass is 31.2. The molecule has 0 aliphatic heterocycles. The van der Waals surface area contributed by atoms with Gasteiger partial charge in [0.15, 0.2) is 11.1 Å². The zero-order chi connectivity index (χ0) is 40.6. The Labute approximate surface area is 331 Å². The van der Waals surface area contributed by atoms with Crippen LogP contribution in [-0.4, -0.2) is 86.6 Å². The largest absolute Gasteiger partial charge is 0.508 e. The summed E-state index contributed by atoms with van der Waals surface area (Å²) in [5.74, 6) is -0.744. The molecule has 0 heterocycles. The zero-order valence-electron chi connectivity index (χ0n) is 34.6. The summed E-state index contributed by atoms with van der Waals surface area (Å²) in [5.41, 5.74) is 0.966. The summed E-state index contributed by atoms with van der Waals surface area (Å²) < 4.78 is 39.8. The van der Waals surface area contributed by atoms with Crippen molar-refractivity contribution in [1.29, 1.82) is 5.39 Å². The number of carbonyl (C=O) groups is 2. The minimum atomic E-state index is -4.40. The number of phosphoric ester groups is 1. The third kappa shape index (κ3) is 30.3. The van der Waals surface area contributed by atoms with Crippen molar-refractivity contribution in [2.24, 2.45) is 0 Å². The van der Waals surface area contributed by atoms with Crippen LogP contribution in [0.15, 0.2) is 18.2 Å². The van der Waals surface area contributed by atoms with Crippen LogP contribution in [-0.2, 0) is 44.0 Å². The van der Waals surface area contributed by atoms with E-state index < -0.39 is 32.5 Å². The van der Waals surface area contributed by atoms with Gasteiger partial charge in [0.2, 0.25) is 5.39 Å². The Morgan fingerprint density at radius 3 is 1.82 bits per heavy atom. The lowest BCUT2D eigenvalue weighted by Crippen LogP contribution is -2.37. The van der Waals surface area contributed by atoms with E-state index in [-0.39, 0.29) is 38.4 Å². The van der Waals surface area contributed by atoms with Crippen LogP contribution in [0, 0.1) is 5.39 Å². The third-order valence-corrected chi connectivity index (χ3v) is 10.2. The van der Waals surface area contributed by atoms with E-state index >= 15 is 0 Å². The highest BCUT2D eigenvalue weighted by Gasteiger charge is 2.27. The van der Waals surface area contributed by atoms with Crippen LogP contribution in [0.3, 0.4) is 0 Å². The molecule has 1 aromatic rings. The minimum Gasteiger partial charge on any atom is -0.508 e. The van der Waals surface area contributed by atoms with Gasteiger partial charge in [0.1, 0.15) is 25.5 Å². The van der Waals surface area contributed by atoms with Gasteiger partial charge < -0.3 is 28.7 Å². The second-order valence-corrected chi connectivity index (χ2v) is 17.0. The smallest absolute Gasteiger partial charge is 0.472 e. The quantitative estimate of drug-likeness (QED) is 0.0218. The number of unbranched alkanes of at least 4 members (excludes halogenated alkanes) is 18. The zero-order valence-corrected chi connectivity index (χ0v) is 35.5. The lowest BCUT2D eigenvalue weighted by Gasteiger charge is -2.24. The first kappa shape index (κ1) is 50.4. The van der Waals surface area contributed by atoms with Gasteiger partial charge in [0, 0.05) is 37.1 Å². The van der Waals surface area contributed by atoms with Crippen LogP contribution < -0.4 is 0 Å². The molecule has 0 saturated carbocycles. The summed E-state index contributed by atoms with van der Waals surface area (Å²) in [7, 11) is 1.41. The SMILES string of the molecule is CCCCCCCCCCCCCC(=O)OC[C@H](COP(=O)(O)OCC[N+](C)(C)C)OC(=O)CCCCCCCCCCCOCc1cc([N+]#N)ccc1O. The summed E-state index contributed by atoms with van der Waals surface area (Å²) in [6.07, 6.45) is 21.3. The molecule has 0 spiro atoms. The van der Waals surface area contributed by atoms with E-state index in [4.69, 9.17) is 28.7 Å². The van der Waals surface area contributed by atoms with Gasteiger partial charge in [0.25, 0.3) is 0 Å². The highest BCUT2D eigenvalue weighted by molar-refractivity contribution is 7.47. The second kappa shape index (κ2) is 31.5. The number of ether oxygens (including phenoxy) is 3. The van der Waals surface area contributed by atoms with Gasteiger partial charge in [-0.3, -0.25) is 18.6 Å². The van der Waals surface area contributed by atoms with Gasteiger partial charge in [-0.15, -0.1) is 0 Å². The number of phosphoric acid groups is 1. The molecule has 55 heavy (non-hydrogen) atoms. The molecule has 13 nitrogen and oxygen atoms in total. The number of likely N-dealkylation sites (N-methyl/N-ethyl adjacent to an activating group) is 1. The van der Waals surface area contributed by atoms with Crippen molar-refractivity contribution in [2.45, 2.75) is 161 Å². The van der Waals surface area contributed by atoms with Crippen molar-refractivity contribution in [3.8, 4) is 5.75 Å². The van der Waals surface area contributed by atoms with Gasteiger partial charge in [-0.05, 0) is 25.3 Å². The number of esters is 2. The molecular weight excluding hydrogens is 725 g/mol. The summed E-state index contributed by atoms with van der Waals surface area (Å²) in [6, 6.07) is 4.60. The van der Waals surface area contributed by atoms with Crippen molar-refractivity contribution >= 4 is 25.4 Å². The number of hydrogen-bond acceptors (Lipinski definition) is 10. The number of rotatable bonds is 36. The van der Waals surface area contributed by atoms with E-state index in [9.17, 15) is 24.2 Å². The second-order valence-electron chi connectivity index (χ2n) is 15.6. The Morgan fingerprint density at radius 1 is 0.745 bits per heavy atom. The number of benzene rings is 1. The molecule has 316 valence electrons. The number of diazo groups is 1. The molecule has 0 fully saturated rings. The van der Waals surface area contributed by atoms with Gasteiger partial charge >= 0.3 is 25.4 Å². The molecular formula is C41H74N3O10P+2. The molecule has 1 rings (SSSR count). The number of aromatic hydroxyl groups is 1. The summed E-state index contributed by atoms with van der Waals surface area (Å²) >= 11 is 0. The number of quaternary nitrogens is 1. The maximum absolute atomic E-state index is 12.7.